The number of nitrogens with zero attached hydrogens (tertiary/aromatic N) is 2. The van der Waals surface area contributed by atoms with Gasteiger partial charge in [-0.25, -0.2) is 4.98 Å². The third-order valence-electron chi connectivity index (χ3n) is 0.875. The molecular formula is C4H2N2O2. The van der Waals surface area contributed by atoms with E-state index in [1.165, 1.54) is 12.7 Å². The summed E-state index contributed by atoms with van der Waals surface area (Å²) in [5.74, 6) is 0. The van der Waals surface area contributed by atoms with Gasteiger partial charge in [-0.05, 0) is 5.16 Å². The Kier molecular flexibility index (Phi) is 0.498. The zero-order valence-electron chi connectivity index (χ0n) is 3.87. The van der Waals surface area contributed by atoms with E-state index in [1.807, 2.05) is 0 Å². The second kappa shape index (κ2) is 1.09. The van der Waals surface area contributed by atoms with Gasteiger partial charge in [0.2, 0.25) is 0 Å². The minimum Gasteiger partial charge on any atom is -0.423 e. The smallest absolute Gasteiger partial charge is 0.286 e. The molecule has 40 valence electrons. The van der Waals surface area contributed by atoms with Gasteiger partial charge in [0.25, 0.3) is 5.71 Å². The predicted octanol–water partition coefficient (Wildman–Crippen LogP) is 0.816. The second-order valence-electron chi connectivity index (χ2n) is 1.36. The van der Waals surface area contributed by atoms with Crippen LogP contribution in [0.3, 0.4) is 0 Å². The molecule has 0 saturated carbocycles. The first-order valence-electron chi connectivity index (χ1n) is 2.10. The second-order valence-corrected chi connectivity index (χ2v) is 1.36. The van der Waals surface area contributed by atoms with Crippen LogP contribution in [-0.4, -0.2) is 10.1 Å². The SMILES string of the molecule is c1nc2conc2o1. The molecule has 0 fully saturated rings. The number of fused-ring (bicyclic) bond motifs is 1. The summed E-state index contributed by atoms with van der Waals surface area (Å²) in [6.45, 7) is 0. The van der Waals surface area contributed by atoms with E-state index in [0.29, 0.717) is 11.2 Å². The van der Waals surface area contributed by atoms with Gasteiger partial charge in [-0.1, -0.05) is 0 Å². The molecular weight excluding hydrogens is 108 g/mol. The van der Waals surface area contributed by atoms with Crippen LogP contribution in [0, 0.1) is 0 Å². The van der Waals surface area contributed by atoms with Crippen molar-refractivity contribution in [2.24, 2.45) is 0 Å². The summed E-state index contributed by atoms with van der Waals surface area (Å²) >= 11 is 0. The quantitative estimate of drug-likeness (QED) is 0.503. The van der Waals surface area contributed by atoms with Crippen LogP contribution in [0.25, 0.3) is 11.2 Å². The van der Waals surface area contributed by atoms with Gasteiger partial charge < -0.3 is 8.94 Å². The fourth-order valence-electron chi connectivity index (χ4n) is 0.522. The molecule has 0 spiro atoms. The van der Waals surface area contributed by atoms with Crippen molar-refractivity contribution in [1.82, 2.24) is 10.1 Å². The summed E-state index contributed by atoms with van der Waals surface area (Å²) in [7, 11) is 0. The molecule has 0 aromatic carbocycles. The van der Waals surface area contributed by atoms with E-state index in [-0.39, 0.29) is 0 Å². The van der Waals surface area contributed by atoms with Crippen LogP contribution in [-0.2, 0) is 0 Å². The fourth-order valence-corrected chi connectivity index (χ4v) is 0.522. The Morgan fingerprint density at radius 3 is 3.38 bits per heavy atom. The molecule has 0 atom stereocenters. The van der Waals surface area contributed by atoms with Crippen LogP contribution in [0.4, 0.5) is 0 Å². The van der Waals surface area contributed by atoms with Crippen LogP contribution in [0.2, 0.25) is 0 Å². The molecule has 0 aliphatic rings. The summed E-state index contributed by atoms with van der Waals surface area (Å²) in [5.41, 5.74) is 1.11. The Labute approximate surface area is 44.1 Å². The first kappa shape index (κ1) is 3.65. The predicted molar refractivity (Wildman–Crippen MR) is 24.1 cm³/mol. The average Bonchev–Trinajstić information content (AvgIpc) is 2.15. The molecule has 2 rings (SSSR count). The lowest BCUT2D eigenvalue weighted by molar-refractivity contribution is 0.407. The molecule has 0 N–H and O–H groups in total. The highest BCUT2D eigenvalue weighted by atomic mass is 16.5. The molecule has 2 aromatic heterocycles. The van der Waals surface area contributed by atoms with E-state index in [2.05, 4.69) is 14.7 Å². The zero-order valence-corrected chi connectivity index (χ0v) is 3.87. The van der Waals surface area contributed by atoms with Crippen molar-refractivity contribution >= 4 is 11.2 Å². The summed E-state index contributed by atoms with van der Waals surface area (Å²) in [4.78, 5) is 3.76. The molecule has 4 nitrogen and oxygen atoms in total. The van der Waals surface area contributed by atoms with Gasteiger partial charge >= 0.3 is 0 Å². The summed E-state index contributed by atoms with van der Waals surface area (Å²) in [6, 6.07) is 0. The molecule has 0 amide bonds. The van der Waals surface area contributed by atoms with Gasteiger partial charge in [0.1, 0.15) is 0 Å². The molecule has 0 aliphatic carbocycles. The highest BCUT2D eigenvalue weighted by Crippen LogP contribution is 2.06. The van der Waals surface area contributed by atoms with Crippen molar-refractivity contribution in [3.8, 4) is 0 Å². The zero-order chi connectivity index (χ0) is 5.40. The van der Waals surface area contributed by atoms with E-state index >= 15 is 0 Å². The Bertz CT molecular complexity index is 233. The van der Waals surface area contributed by atoms with Crippen LogP contribution < -0.4 is 0 Å². The van der Waals surface area contributed by atoms with Crippen molar-refractivity contribution in [2.75, 3.05) is 0 Å². The van der Waals surface area contributed by atoms with E-state index in [4.69, 9.17) is 4.42 Å². The highest BCUT2D eigenvalue weighted by molar-refractivity contribution is 5.64. The maximum absolute atomic E-state index is 4.74. The third-order valence-corrected chi connectivity index (χ3v) is 0.875. The van der Waals surface area contributed by atoms with Gasteiger partial charge in [0.15, 0.2) is 18.2 Å². The monoisotopic (exact) mass is 110 g/mol. The van der Waals surface area contributed by atoms with E-state index in [0.717, 1.165) is 0 Å². The lowest BCUT2D eigenvalue weighted by atomic mass is 10.6. The highest BCUT2D eigenvalue weighted by Gasteiger charge is 1.98. The largest absolute Gasteiger partial charge is 0.423 e. The molecule has 4 heteroatoms. The van der Waals surface area contributed by atoms with Crippen molar-refractivity contribution in [3.63, 3.8) is 0 Å². The number of rotatable bonds is 0. The van der Waals surface area contributed by atoms with Crippen molar-refractivity contribution in [1.29, 1.82) is 0 Å². The van der Waals surface area contributed by atoms with Crippen LogP contribution in [0.15, 0.2) is 21.6 Å². The third kappa shape index (κ3) is 0.294. The van der Waals surface area contributed by atoms with Gasteiger partial charge in [0.05, 0.1) is 0 Å². The van der Waals surface area contributed by atoms with Gasteiger partial charge in [-0.3, -0.25) is 0 Å². The van der Waals surface area contributed by atoms with Gasteiger partial charge in [-0.15, -0.1) is 0 Å². The molecule has 0 saturated heterocycles. The van der Waals surface area contributed by atoms with Gasteiger partial charge in [0, 0.05) is 0 Å². The Morgan fingerprint density at radius 2 is 2.50 bits per heavy atom. The molecule has 0 unspecified atom stereocenters. The van der Waals surface area contributed by atoms with Crippen molar-refractivity contribution in [2.45, 2.75) is 0 Å². The molecule has 2 heterocycles. The van der Waals surface area contributed by atoms with Crippen molar-refractivity contribution in [3.05, 3.63) is 12.7 Å². The number of aromatic nitrogens is 2. The standard InChI is InChI=1S/C4H2N2O2/c1-3-4(6-8-1)7-2-5-3/h1-2H. The molecule has 0 aliphatic heterocycles. The number of hydrogen-bond acceptors (Lipinski definition) is 4. The summed E-state index contributed by atoms with van der Waals surface area (Å²) in [6.07, 6.45) is 2.76. The van der Waals surface area contributed by atoms with Crippen LogP contribution >= 0.6 is 0 Å². The number of oxazole rings is 1. The lowest BCUT2D eigenvalue weighted by Crippen LogP contribution is -1.51. The Hall–Kier alpha value is -1.32. The molecule has 2 aromatic rings. The van der Waals surface area contributed by atoms with Crippen molar-refractivity contribution < 1.29 is 8.94 Å². The normalized spacial score (nSPS) is 10.5. The van der Waals surface area contributed by atoms with Crippen LogP contribution in [0.5, 0.6) is 0 Å². The lowest BCUT2D eigenvalue weighted by Gasteiger charge is -1.59. The summed E-state index contributed by atoms with van der Waals surface area (Å²) in [5, 5.41) is 3.47. The Morgan fingerprint density at radius 1 is 1.50 bits per heavy atom. The molecule has 0 radical (unpaired) electrons. The fraction of sp³-hybridized carbons (Fsp3) is 0. The summed E-state index contributed by atoms with van der Waals surface area (Å²) < 4.78 is 9.24. The van der Waals surface area contributed by atoms with Gasteiger partial charge in [-0.2, -0.15) is 0 Å². The van der Waals surface area contributed by atoms with E-state index < -0.39 is 0 Å². The van der Waals surface area contributed by atoms with E-state index in [1.54, 1.807) is 0 Å². The minimum absolute atomic E-state index is 0.449. The van der Waals surface area contributed by atoms with E-state index in [9.17, 15) is 0 Å². The average molecular weight is 110 g/mol. The maximum atomic E-state index is 4.74. The first-order valence-corrected chi connectivity index (χ1v) is 2.10. The molecule has 8 heavy (non-hydrogen) atoms. The minimum atomic E-state index is 0.449. The first-order chi connectivity index (χ1) is 3.97. The maximum Gasteiger partial charge on any atom is 0.286 e. The molecule has 0 bridgehead atoms. The van der Waals surface area contributed by atoms with Crippen LogP contribution in [0.1, 0.15) is 0 Å². The Balaban J connectivity index is 3.06. The number of hydrogen-bond donors (Lipinski definition) is 0. The topological polar surface area (TPSA) is 52.1 Å².